The second kappa shape index (κ2) is 6.12. The van der Waals surface area contributed by atoms with Gasteiger partial charge < -0.3 is 10.6 Å². The molecule has 1 aliphatic rings. The van der Waals surface area contributed by atoms with E-state index >= 15 is 0 Å². The number of nitrogens with zero attached hydrogens (tertiary/aromatic N) is 4. The number of hydrogen-bond donors (Lipinski definition) is 1. The molecule has 1 saturated heterocycles. The number of anilines is 2. The van der Waals surface area contributed by atoms with Crippen LogP contribution in [0.4, 0.5) is 11.6 Å². The normalized spacial score (nSPS) is 17.0. The summed E-state index contributed by atoms with van der Waals surface area (Å²) in [6.45, 7) is 3.28. The Balaban J connectivity index is 2.13. The maximum atomic E-state index is 11.8. The van der Waals surface area contributed by atoms with E-state index in [-0.39, 0.29) is 17.3 Å². The van der Waals surface area contributed by atoms with Crippen LogP contribution in [-0.2, 0) is 10.0 Å². The Morgan fingerprint density at radius 3 is 2.52 bits per heavy atom. The van der Waals surface area contributed by atoms with Crippen LogP contribution in [0.15, 0.2) is 6.20 Å². The Kier molecular flexibility index (Phi) is 4.64. The van der Waals surface area contributed by atoms with Gasteiger partial charge in [-0.1, -0.05) is 0 Å². The fourth-order valence-electron chi connectivity index (χ4n) is 2.06. The van der Waals surface area contributed by atoms with Crippen molar-refractivity contribution in [1.82, 2.24) is 14.3 Å². The van der Waals surface area contributed by atoms with Gasteiger partial charge in [-0.2, -0.15) is 4.31 Å². The number of rotatable bonds is 4. The summed E-state index contributed by atoms with van der Waals surface area (Å²) in [5, 5.41) is -0.769. The first kappa shape index (κ1) is 15.9. The molecule has 1 fully saturated rings. The maximum absolute atomic E-state index is 11.8. The van der Waals surface area contributed by atoms with Crippen LogP contribution >= 0.6 is 11.6 Å². The number of nitrogens with two attached hydrogens (primary N) is 1. The highest BCUT2D eigenvalue weighted by Crippen LogP contribution is 2.18. The number of aromatic nitrogens is 2. The van der Waals surface area contributed by atoms with E-state index in [1.807, 2.05) is 4.90 Å². The van der Waals surface area contributed by atoms with E-state index in [0.29, 0.717) is 32.0 Å². The average molecular weight is 334 g/mol. The number of hydrogen-bond acceptors (Lipinski definition) is 7. The van der Waals surface area contributed by atoms with Crippen molar-refractivity contribution in [2.45, 2.75) is 6.92 Å². The van der Waals surface area contributed by atoms with Gasteiger partial charge in [-0.15, -0.1) is 0 Å². The molecule has 0 aromatic carbocycles. The molecular weight excluding hydrogens is 318 g/mol. The van der Waals surface area contributed by atoms with E-state index in [4.69, 9.17) is 17.3 Å². The van der Waals surface area contributed by atoms with Crippen molar-refractivity contribution in [3.63, 3.8) is 0 Å². The van der Waals surface area contributed by atoms with Crippen LogP contribution in [0.25, 0.3) is 0 Å². The quantitative estimate of drug-likeness (QED) is 0.767. The van der Waals surface area contributed by atoms with E-state index in [1.54, 1.807) is 6.92 Å². The third kappa shape index (κ3) is 3.42. The minimum Gasteiger partial charge on any atom is -0.382 e. The van der Waals surface area contributed by atoms with Gasteiger partial charge in [-0.3, -0.25) is 4.79 Å². The van der Waals surface area contributed by atoms with Crippen molar-refractivity contribution in [1.29, 1.82) is 0 Å². The van der Waals surface area contributed by atoms with Gasteiger partial charge in [0.1, 0.15) is 5.82 Å². The lowest BCUT2D eigenvalue weighted by atomic mass is 10.3. The Bertz CT molecular complexity index is 643. The summed E-state index contributed by atoms with van der Waals surface area (Å²) in [7, 11) is -3.18. The first-order valence-corrected chi connectivity index (χ1v) is 8.39. The maximum Gasteiger partial charge on any atom is 0.274 e. The summed E-state index contributed by atoms with van der Waals surface area (Å²) in [4.78, 5) is 21.0. The predicted molar refractivity (Wildman–Crippen MR) is 79.9 cm³/mol. The van der Waals surface area contributed by atoms with Gasteiger partial charge >= 0.3 is 0 Å². The van der Waals surface area contributed by atoms with Gasteiger partial charge in [0.2, 0.25) is 10.0 Å². The van der Waals surface area contributed by atoms with Crippen molar-refractivity contribution in [3.05, 3.63) is 11.9 Å². The summed E-state index contributed by atoms with van der Waals surface area (Å²) in [5.74, 6) is 0.521. The number of sulfonamides is 1. The third-order valence-electron chi connectivity index (χ3n) is 3.30. The van der Waals surface area contributed by atoms with Gasteiger partial charge in [-0.05, 0) is 18.5 Å². The van der Waals surface area contributed by atoms with Crippen LogP contribution in [0, 0.1) is 0 Å². The molecular formula is C11H16ClN5O3S. The summed E-state index contributed by atoms with van der Waals surface area (Å²) in [6.07, 6.45) is 1.45. The summed E-state index contributed by atoms with van der Waals surface area (Å²) >= 11 is 5.39. The molecule has 2 heterocycles. The molecule has 1 aromatic heterocycles. The zero-order valence-corrected chi connectivity index (χ0v) is 13.1. The van der Waals surface area contributed by atoms with Crippen LogP contribution in [0.2, 0.25) is 0 Å². The lowest BCUT2D eigenvalue weighted by molar-refractivity contribution is 0.107. The molecule has 0 aliphatic carbocycles. The van der Waals surface area contributed by atoms with Gasteiger partial charge in [0.05, 0.1) is 11.9 Å². The molecule has 0 unspecified atom stereocenters. The molecule has 0 amide bonds. The number of carbonyl (C=O) groups excluding carboxylic acids is 1. The smallest absolute Gasteiger partial charge is 0.274 e. The highest BCUT2D eigenvalue weighted by molar-refractivity contribution is 7.89. The van der Waals surface area contributed by atoms with Crippen LogP contribution in [0.3, 0.4) is 0 Å². The molecule has 2 rings (SSSR count). The van der Waals surface area contributed by atoms with E-state index in [2.05, 4.69) is 9.97 Å². The fraction of sp³-hybridized carbons (Fsp3) is 0.545. The minimum atomic E-state index is -3.18. The molecule has 2 N–H and O–H groups in total. The first-order chi connectivity index (χ1) is 9.85. The van der Waals surface area contributed by atoms with E-state index in [0.717, 1.165) is 0 Å². The topological polar surface area (TPSA) is 109 Å². The molecule has 0 spiro atoms. The first-order valence-electron chi connectivity index (χ1n) is 6.40. The highest BCUT2D eigenvalue weighted by Gasteiger charge is 2.26. The van der Waals surface area contributed by atoms with Crippen molar-refractivity contribution in [2.24, 2.45) is 0 Å². The molecule has 0 bridgehead atoms. The minimum absolute atomic E-state index is 0.0223. The highest BCUT2D eigenvalue weighted by atomic mass is 35.5. The second-order valence-corrected chi connectivity index (χ2v) is 7.12. The molecule has 0 atom stereocenters. The molecule has 0 saturated carbocycles. The molecule has 8 nitrogen and oxygen atoms in total. The Labute approximate surface area is 128 Å². The fourth-order valence-corrected chi connectivity index (χ4v) is 3.29. The number of carbonyl (C=O) groups is 1. The number of halogens is 1. The van der Waals surface area contributed by atoms with Gasteiger partial charge in [0, 0.05) is 26.2 Å². The Morgan fingerprint density at radius 2 is 2.00 bits per heavy atom. The van der Waals surface area contributed by atoms with Crippen molar-refractivity contribution in [3.8, 4) is 0 Å². The molecule has 10 heteroatoms. The number of piperazine rings is 1. The lowest BCUT2D eigenvalue weighted by Crippen LogP contribution is -2.49. The number of nitrogen functional groups attached to an aromatic ring is 1. The van der Waals surface area contributed by atoms with Crippen molar-refractivity contribution < 1.29 is 13.2 Å². The van der Waals surface area contributed by atoms with Crippen LogP contribution in [0.1, 0.15) is 17.4 Å². The lowest BCUT2D eigenvalue weighted by Gasteiger charge is -2.34. The van der Waals surface area contributed by atoms with Crippen LogP contribution < -0.4 is 10.6 Å². The molecule has 1 aliphatic heterocycles. The summed E-state index contributed by atoms with van der Waals surface area (Å²) in [5.41, 5.74) is 5.45. The predicted octanol–water partition coefficient (Wildman–Crippen LogP) is -0.0905. The molecule has 0 radical (unpaired) electrons. The van der Waals surface area contributed by atoms with Crippen molar-refractivity contribution in [2.75, 3.05) is 42.6 Å². The largest absolute Gasteiger partial charge is 0.382 e. The zero-order valence-electron chi connectivity index (χ0n) is 11.5. The van der Waals surface area contributed by atoms with Gasteiger partial charge in [-0.25, -0.2) is 18.4 Å². The molecule has 21 heavy (non-hydrogen) atoms. The third-order valence-corrected chi connectivity index (χ3v) is 5.36. The van der Waals surface area contributed by atoms with Crippen molar-refractivity contribution >= 4 is 38.5 Å². The Hall–Kier alpha value is -1.45. The van der Waals surface area contributed by atoms with Gasteiger partial charge in [0.25, 0.3) is 5.24 Å². The monoisotopic (exact) mass is 333 g/mol. The van der Waals surface area contributed by atoms with Crippen LogP contribution in [0.5, 0.6) is 0 Å². The SMILES string of the molecule is CCS(=O)(=O)N1CCN(c2cnc(N)c(C(=O)Cl)n2)CC1. The van der Waals surface area contributed by atoms with E-state index in [9.17, 15) is 13.2 Å². The summed E-state index contributed by atoms with van der Waals surface area (Å²) in [6, 6.07) is 0. The molecule has 1 aromatic rings. The van der Waals surface area contributed by atoms with E-state index < -0.39 is 15.3 Å². The average Bonchev–Trinajstić information content (AvgIpc) is 2.47. The zero-order chi connectivity index (χ0) is 15.6. The van der Waals surface area contributed by atoms with E-state index in [1.165, 1.54) is 10.5 Å². The standard InChI is InChI=1S/C11H16ClN5O3S/c1-2-21(19,20)17-5-3-16(4-6-17)8-7-14-11(13)9(15-8)10(12)18/h7H,2-6H2,1H3,(H2,13,14). The van der Waals surface area contributed by atoms with Gasteiger partial charge in [0.15, 0.2) is 11.5 Å². The second-order valence-electron chi connectivity index (χ2n) is 4.52. The Morgan fingerprint density at radius 1 is 1.38 bits per heavy atom. The summed E-state index contributed by atoms with van der Waals surface area (Å²) < 4.78 is 25.0. The van der Waals surface area contributed by atoms with Crippen LogP contribution in [-0.4, -0.2) is 59.9 Å². The molecule has 116 valence electrons.